The van der Waals surface area contributed by atoms with Gasteiger partial charge in [0.15, 0.2) is 5.78 Å². The Kier molecular flexibility index (Phi) is 5.20. The zero-order valence-electron chi connectivity index (χ0n) is 17.0. The lowest BCUT2D eigenvalue weighted by Gasteiger charge is -2.09. The lowest BCUT2D eigenvalue weighted by atomic mass is 10.0. The van der Waals surface area contributed by atoms with Crippen molar-refractivity contribution in [2.45, 2.75) is 24.8 Å². The van der Waals surface area contributed by atoms with Crippen LogP contribution in [-0.4, -0.2) is 28.7 Å². The largest absolute Gasteiger partial charge is 0.383 e. The molecule has 0 atom stereocenters. The van der Waals surface area contributed by atoms with E-state index >= 15 is 0 Å². The van der Waals surface area contributed by atoms with Gasteiger partial charge in [-0.3, -0.25) is 9.52 Å². The van der Waals surface area contributed by atoms with Crippen LogP contribution in [0.5, 0.6) is 0 Å². The number of nitrogens with one attached hydrogen (secondary N) is 1. The molecule has 0 aliphatic heterocycles. The van der Waals surface area contributed by atoms with Crippen LogP contribution >= 0.6 is 0 Å². The molecule has 0 bridgehead atoms. The van der Waals surface area contributed by atoms with Gasteiger partial charge < -0.3 is 10.3 Å². The number of aromatic nitrogens is 3. The number of hydrogen-bond donors (Lipinski definition) is 2. The van der Waals surface area contributed by atoms with Crippen molar-refractivity contribution in [3.05, 3.63) is 78.2 Å². The molecule has 3 N–H and O–H groups in total. The maximum atomic E-state index is 13.3. The molecular formula is C22H21N5O3S. The molecule has 158 valence electrons. The van der Waals surface area contributed by atoms with Crippen LogP contribution in [0, 0.1) is 0 Å². The van der Waals surface area contributed by atoms with Gasteiger partial charge in [-0.15, -0.1) is 0 Å². The Bertz CT molecular complexity index is 1380. The third kappa shape index (κ3) is 3.87. The van der Waals surface area contributed by atoms with Gasteiger partial charge >= 0.3 is 0 Å². The summed E-state index contributed by atoms with van der Waals surface area (Å²) in [6.07, 6.45) is 3.08. The number of benzene rings is 2. The molecule has 0 saturated heterocycles. The second kappa shape index (κ2) is 7.84. The minimum Gasteiger partial charge on any atom is -0.383 e. The number of carbonyl (C=O) groups excluding carboxylic acids is 1. The van der Waals surface area contributed by atoms with Crippen molar-refractivity contribution in [1.29, 1.82) is 0 Å². The Morgan fingerprint density at radius 1 is 1.06 bits per heavy atom. The first-order chi connectivity index (χ1) is 14.8. The van der Waals surface area contributed by atoms with Crippen LogP contribution in [0.25, 0.3) is 11.0 Å². The number of hydrogen-bond acceptors (Lipinski definition) is 6. The minimum absolute atomic E-state index is 0.0577. The van der Waals surface area contributed by atoms with Crippen LogP contribution in [0.4, 0.5) is 11.5 Å². The van der Waals surface area contributed by atoms with Crippen LogP contribution in [0.2, 0.25) is 0 Å². The van der Waals surface area contributed by atoms with Crippen LogP contribution in [0.1, 0.15) is 35.8 Å². The van der Waals surface area contributed by atoms with Gasteiger partial charge in [0.2, 0.25) is 0 Å². The molecule has 8 nitrogen and oxygen atoms in total. The summed E-state index contributed by atoms with van der Waals surface area (Å²) in [7, 11) is -3.77. The summed E-state index contributed by atoms with van der Waals surface area (Å²) < 4.78 is 29.6. The molecular weight excluding hydrogens is 414 g/mol. The van der Waals surface area contributed by atoms with Gasteiger partial charge in [0.05, 0.1) is 15.8 Å². The molecule has 0 radical (unpaired) electrons. The molecule has 2 heterocycles. The normalized spacial score (nSPS) is 11.7. The van der Waals surface area contributed by atoms with Gasteiger partial charge in [0.25, 0.3) is 10.0 Å². The van der Waals surface area contributed by atoms with Crippen LogP contribution in [0.15, 0.2) is 72.0 Å². The van der Waals surface area contributed by atoms with E-state index in [1.165, 1.54) is 24.5 Å². The Labute approximate surface area is 179 Å². The number of ketones is 1. The monoisotopic (exact) mass is 435 g/mol. The number of rotatable bonds is 6. The van der Waals surface area contributed by atoms with Crippen molar-refractivity contribution in [1.82, 2.24) is 14.5 Å². The number of nitrogens with zero attached hydrogens (tertiary/aromatic N) is 3. The molecule has 0 amide bonds. The zero-order chi connectivity index (χ0) is 22.2. The zero-order valence-corrected chi connectivity index (χ0v) is 17.8. The van der Waals surface area contributed by atoms with Crippen molar-refractivity contribution in [3.63, 3.8) is 0 Å². The average Bonchev–Trinajstić information content (AvgIpc) is 3.15. The third-order valence-electron chi connectivity index (χ3n) is 4.87. The van der Waals surface area contributed by atoms with Gasteiger partial charge in [-0.2, -0.15) is 0 Å². The highest BCUT2D eigenvalue weighted by Gasteiger charge is 2.22. The lowest BCUT2D eigenvalue weighted by molar-refractivity contribution is 0.104. The maximum Gasteiger partial charge on any atom is 0.261 e. The molecule has 0 aliphatic rings. The topological polar surface area (TPSA) is 120 Å². The van der Waals surface area contributed by atoms with Gasteiger partial charge in [-0.05, 0) is 38.1 Å². The summed E-state index contributed by atoms with van der Waals surface area (Å²) in [5, 5.41) is 0.483. The molecule has 4 aromatic rings. The highest BCUT2D eigenvalue weighted by Crippen LogP contribution is 2.29. The first-order valence-electron chi connectivity index (χ1n) is 9.61. The van der Waals surface area contributed by atoms with Gasteiger partial charge in [-0.1, -0.05) is 30.3 Å². The average molecular weight is 436 g/mol. The summed E-state index contributed by atoms with van der Waals surface area (Å²) in [5.41, 5.74) is 7.60. The SMILES string of the molecule is CC(C)n1cc(C(=O)c2cccc(NS(=O)(=O)c3ccccc3)c2)c2c(N)ncnc21. The summed E-state index contributed by atoms with van der Waals surface area (Å²) in [6.45, 7) is 3.95. The second-order valence-corrected chi connectivity index (χ2v) is 9.01. The molecule has 31 heavy (non-hydrogen) atoms. The smallest absolute Gasteiger partial charge is 0.261 e. The van der Waals surface area contributed by atoms with Crippen molar-refractivity contribution in [3.8, 4) is 0 Å². The molecule has 2 aromatic heterocycles. The predicted octanol–water partition coefficient (Wildman–Crippen LogP) is 3.63. The first kappa shape index (κ1) is 20.5. The quantitative estimate of drug-likeness (QED) is 0.446. The second-order valence-electron chi connectivity index (χ2n) is 7.33. The predicted molar refractivity (Wildman–Crippen MR) is 119 cm³/mol. The van der Waals surface area contributed by atoms with Gasteiger partial charge in [0, 0.05) is 23.5 Å². The fourth-order valence-electron chi connectivity index (χ4n) is 3.37. The Balaban J connectivity index is 1.73. The highest BCUT2D eigenvalue weighted by atomic mass is 32.2. The van der Waals surface area contributed by atoms with Crippen molar-refractivity contribution in [2.75, 3.05) is 10.5 Å². The number of carbonyl (C=O) groups is 1. The van der Waals surface area contributed by atoms with E-state index in [4.69, 9.17) is 5.73 Å². The lowest BCUT2D eigenvalue weighted by Crippen LogP contribution is -2.13. The first-order valence-corrected chi connectivity index (χ1v) is 11.1. The van der Waals surface area contributed by atoms with E-state index in [9.17, 15) is 13.2 Å². The Hall–Kier alpha value is -3.72. The molecule has 0 spiro atoms. The molecule has 0 unspecified atom stereocenters. The van der Waals surface area contributed by atoms with Crippen LogP contribution < -0.4 is 10.5 Å². The number of nitrogen functional groups attached to an aromatic ring is 1. The highest BCUT2D eigenvalue weighted by molar-refractivity contribution is 7.92. The van der Waals surface area contributed by atoms with E-state index in [2.05, 4.69) is 14.7 Å². The van der Waals surface area contributed by atoms with E-state index in [-0.39, 0.29) is 28.2 Å². The summed E-state index contributed by atoms with van der Waals surface area (Å²) >= 11 is 0. The number of anilines is 2. The van der Waals surface area contributed by atoms with E-state index in [1.54, 1.807) is 42.6 Å². The molecule has 9 heteroatoms. The fraction of sp³-hybridized carbons (Fsp3) is 0.136. The van der Waals surface area contributed by atoms with E-state index in [1.807, 2.05) is 18.4 Å². The number of sulfonamides is 1. The third-order valence-corrected chi connectivity index (χ3v) is 6.27. The van der Waals surface area contributed by atoms with Gasteiger partial charge in [-0.25, -0.2) is 18.4 Å². The number of nitrogens with two attached hydrogens (primary N) is 1. The summed E-state index contributed by atoms with van der Waals surface area (Å²) in [4.78, 5) is 21.8. The van der Waals surface area contributed by atoms with Crippen LogP contribution in [0.3, 0.4) is 0 Å². The molecule has 0 aliphatic carbocycles. The molecule has 2 aromatic carbocycles. The summed E-state index contributed by atoms with van der Waals surface area (Å²) in [5.74, 6) is -0.0830. The Morgan fingerprint density at radius 2 is 1.81 bits per heavy atom. The maximum absolute atomic E-state index is 13.3. The summed E-state index contributed by atoms with van der Waals surface area (Å²) in [6, 6.07) is 14.4. The molecule has 0 fully saturated rings. The number of fused-ring (bicyclic) bond motifs is 1. The van der Waals surface area contributed by atoms with Crippen LogP contribution in [-0.2, 0) is 10.0 Å². The Morgan fingerprint density at radius 3 is 2.52 bits per heavy atom. The van der Waals surface area contributed by atoms with Crippen molar-refractivity contribution >= 4 is 38.3 Å². The standard InChI is InChI=1S/C22H21N5O3S/c1-14(2)27-12-18(19-21(23)24-13-25-22(19)27)20(28)15-7-6-8-16(11-15)26-31(29,30)17-9-4-3-5-10-17/h3-14,26H,1-2H3,(H2,23,24,25). The van der Waals surface area contributed by atoms with Crippen molar-refractivity contribution < 1.29 is 13.2 Å². The van der Waals surface area contributed by atoms with Crippen molar-refractivity contribution in [2.24, 2.45) is 0 Å². The van der Waals surface area contributed by atoms with E-state index in [0.717, 1.165) is 0 Å². The van der Waals surface area contributed by atoms with E-state index < -0.39 is 10.0 Å². The minimum atomic E-state index is -3.77. The fourth-order valence-corrected chi connectivity index (χ4v) is 4.44. The van der Waals surface area contributed by atoms with Gasteiger partial charge in [0.1, 0.15) is 17.8 Å². The molecule has 4 rings (SSSR count). The molecule has 0 saturated carbocycles. The van der Waals surface area contributed by atoms with E-state index in [0.29, 0.717) is 22.2 Å².